The highest BCUT2D eigenvalue weighted by molar-refractivity contribution is 6.31. The molecule has 0 aliphatic heterocycles. The first kappa shape index (κ1) is 18.3. The number of rotatable bonds is 5. The number of alkyl halides is 3. The van der Waals surface area contributed by atoms with Gasteiger partial charge < -0.3 is 10.1 Å². The molecular formula is C14H10Cl2F3N3O2. The second-order valence-electron chi connectivity index (χ2n) is 4.50. The van der Waals surface area contributed by atoms with Crippen LogP contribution in [0.15, 0.2) is 24.4 Å². The van der Waals surface area contributed by atoms with Crippen LogP contribution in [-0.2, 0) is 6.18 Å². The highest BCUT2D eigenvalue weighted by atomic mass is 35.5. The maximum Gasteiger partial charge on any atom is 0.417 e. The van der Waals surface area contributed by atoms with Gasteiger partial charge in [0.15, 0.2) is 18.2 Å². The summed E-state index contributed by atoms with van der Waals surface area (Å²) in [7, 11) is 1.53. The van der Waals surface area contributed by atoms with Crippen LogP contribution in [0.25, 0.3) is 0 Å². The van der Waals surface area contributed by atoms with Crippen molar-refractivity contribution in [1.29, 1.82) is 0 Å². The highest BCUT2D eigenvalue weighted by Crippen LogP contribution is 2.33. The molecule has 5 nitrogen and oxygen atoms in total. The number of nitrogens with zero attached hydrogens (tertiary/aromatic N) is 2. The van der Waals surface area contributed by atoms with E-state index in [1.165, 1.54) is 13.2 Å². The van der Waals surface area contributed by atoms with Crippen LogP contribution in [0.2, 0.25) is 10.3 Å². The molecule has 2 aromatic rings. The highest BCUT2D eigenvalue weighted by Gasteiger charge is 2.35. The molecule has 2 rings (SSSR count). The Balaban J connectivity index is 2.24. The fourth-order valence-corrected chi connectivity index (χ4v) is 2.15. The molecule has 10 heteroatoms. The van der Waals surface area contributed by atoms with E-state index in [9.17, 15) is 18.0 Å². The van der Waals surface area contributed by atoms with E-state index in [1.54, 1.807) is 0 Å². The molecule has 128 valence electrons. The van der Waals surface area contributed by atoms with Gasteiger partial charge >= 0.3 is 6.18 Å². The number of carbonyl (C=O) groups excluding carboxylic acids is 1. The lowest BCUT2D eigenvalue weighted by Gasteiger charge is -2.13. The molecule has 0 aliphatic rings. The van der Waals surface area contributed by atoms with E-state index < -0.39 is 29.7 Å². The number of benzene rings is 1. The van der Waals surface area contributed by atoms with Crippen LogP contribution in [0.3, 0.4) is 0 Å². The fourth-order valence-electron chi connectivity index (χ4n) is 1.85. The van der Waals surface area contributed by atoms with Crippen molar-refractivity contribution in [2.24, 2.45) is 0 Å². The number of hydrogen-bond acceptors (Lipinski definition) is 5. The van der Waals surface area contributed by atoms with Gasteiger partial charge in [-0.2, -0.15) is 18.2 Å². The normalized spacial score (nSPS) is 11.2. The van der Waals surface area contributed by atoms with Crippen molar-refractivity contribution < 1.29 is 22.7 Å². The Morgan fingerprint density at radius 3 is 2.67 bits per heavy atom. The van der Waals surface area contributed by atoms with E-state index >= 15 is 0 Å². The van der Waals surface area contributed by atoms with Crippen LogP contribution in [0.5, 0.6) is 5.75 Å². The van der Waals surface area contributed by atoms with Crippen molar-refractivity contribution in [2.45, 2.75) is 6.18 Å². The summed E-state index contributed by atoms with van der Waals surface area (Å²) < 4.78 is 44.2. The van der Waals surface area contributed by atoms with Crippen LogP contribution in [0, 0.1) is 0 Å². The number of aromatic nitrogens is 2. The summed E-state index contributed by atoms with van der Waals surface area (Å²) >= 11 is 11.3. The molecule has 24 heavy (non-hydrogen) atoms. The van der Waals surface area contributed by atoms with Crippen LogP contribution in [0.4, 0.5) is 19.0 Å². The minimum absolute atomic E-state index is 0.0112. The Hall–Kier alpha value is -2.06. The summed E-state index contributed by atoms with van der Waals surface area (Å²) in [5.74, 6) is -0.613. The van der Waals surface area contributed by atoms with Gasteiger partial charge in [0.2, 0.25) is 11.1 Å². The number of anilines is 1. The van der Waals surface area contributed by atoms with Crippen LogP contribution >= 0.6 is 23.2 Å². The zero-order chi connectivity index (χ0) is 17.9. The number of Topliss-reactive ketones (excluding diaryl/α,β-unsaturated/α-hetero) is 1. The summed E-state index contributed by atoms with van der Waals surface area (Å²) in [5.41, 5.74) is -1.66. The maximum absolute atomic E-state index is 13.0. The van der Waals surface area contributed by atoms with Gasteiger partial charge in [-0.3, -0.25) is 4.79 Å². The molecule has 0 fully saturated rings. The molecule has 1 N–H and O–H groups in total. The predicted octanol–water partition coefficient (Wildman–Crippen LogP) is 4.11. The van der Waals surface area contributed by atoms with Gasteiger partial charge in [0.25, 0.3) is 0 Å². The molecule has 0 aliphatic carbocycles. The van der Waals surface area contributed by atoms with E-state index in [-0.39, 0.29) is 21.9 Å². The van der Waals surface area contributed by atoms with Crippen LogP contribution in [-0.4, -0.2) is 29.4 Å². The number of nitrogens with one attached hydrogen (secondary N) is 1. The molecule has 0 radical (unpaired) electrons. The lowest BCUT2D eigenvalue weighted by Crippen LogP contribution is -2.18. The molecule has 1 aromatic heterocycles. The Morgan fingerprint density at radius 1 is 1.33 bits per heavy atom. The van der Waals surface area contributed by atoms with Crippen LogP contribution in [0.1, 0.15) is 15.9 Å². The quantitative estimate of drug-likeness (QED) is 0.625. The topological polar surface area (TPSA) is 64.1 Å². The Labute approximate surface area is 144 Å². The van der Waals surface area contributed by atoms with Crippen molar-refractivity contribution >= 4 is 34.8 Å². The van der Waals surface area contributed by atoms with E-state index in [2.05, 4.69) is 15.3 Å². The third kappa shape index (κ3) is 4.27. The van der Waals surface area contributed by atoms with Crippen molar-refractivity contribution in [3.05, 3.63) is 45.8 Å². The molecule has 0 atom stereocenters. The third-order valence-corrected chi connectivity index (χ3v) is 3.33. The first-order chi connectivity index (χ1) is 11.2. The van der Waals surface area contributed by atoms with Gasteiger partial charge in [-0.1, -0.05) is 11.6 Å². The predicted molar refractivity (Wildman–Crippen MR) is 82.9 cm³/mol. The third-order valence-electron chi connectivity index (χ3n) is 2.91. The van der Waals surface area contributed by atoms with E-state index in [0.29, 0.717) is 0 Å². The number of hydrogen-bond donors (Lipinski definition) is 1. The van der Waals surface area contributed by atoms with Gasteiger partial charge in [0.1, 0.15) is 0 Å². The summed E-state index contributed by atoms with van der Waals surface area (Å²) in [5, 5.41) is 2.63. The number of halogens is 5. The fraction of sp³-hybridized carbons (Fsp3) is 0.214. The lowest BCUT2D eigenvalue weighted by molar-refractivity contribution is -0.137. The molecule has 1 aromatic carbocycles. The van der Waals surface area contributed by atoms with Gasteiger partial charge in [-0.05, 0) is 29.8 Å². The smallest absolute Gasteiger partial charge is 0.417 e. The zero-order valence-corrected chi connectivity index (χ0v) is 13.6. The van der Waals surface area contributed by atoms with E-state index in [0.717, 1.165) is 18.2 Å². The maximum atomic E-state index is 13.0. The van der Waals surface area contributed by atoms with E-state index in [1.807, 2.05) is 0 Å². The molecule has 0 unspecified atom stereocenters. The van der Waals surface area contributed by atoms with Gasteiger partial charge in [0, 0.05) is 17.6 Å². The van der Waals surface area contributed by atoms with Crippen molar-refractivity contribution in [3.63, 3.8) is 0 Å². The van der Waals surface area contributed by atoms with Crippen molar-refractivity contribution in [1.82, 2.24) is 9.97 Å². The molecule has 0 bridgehead atoms. The van der Waals surface area contributed by atoms with Crippen molar-refractivity contribution in [3.8, 4) is 5.75 Å². The largest absolute Gasteiger partial charge is 0.480 e. The lowest BCUT2D eigenvalue weighted by atomic mass is 10.0. The van der Waals surface area contributed by atoms with E-state index in [4.69, 9.17) is 27.9 Å². The standard InChI is InChI=1S/C14H10Cl2F3N3O2/c1-20-12-11(5-21-13(16)22-12)24-6-10(23)8-4-7(15)2-3-9(8)14(17,18)19/h2-5H,6H2,1H3,(H,20,21,22). The van der Waals surface area contributed by atoms with Gasteiger partial charge in [0.05, 0.1) is 11.8 Å². The Bertz CT molecular complexity index is 769. The number of ether oxygens (including phenoxy) is 1. The number of carbonyl (C=O) groups is 1. The molecule has 1 heterocycles. The SMILES string of the molecule is CNc1nc(Cl)ncc1OCC(=O)c1cc(Cl)ccc1C(F)(F)F. The monoisotopic (exact) mass is 379 g/mol. The second kappa shape index (κ2) is 7.23. The molecule has 0 saturated carbocycles. The summed E-state index contributed by atoms with van der Waals surface area (Å²) in [6.45, 7) is -0.650. The minimum atomic E-state index is -4.69. The Kier molecular flexibility index (Phi) is 5.51. The number of ketones is 1. The van der Waals surface area contributed by atoms with Gasteiger partial charge in [-0.25, -0.2) is 4.98 Å². The van der Waals surface area contributed by atoms with Crippen molar-refractivity contribution in [2.75, 3.05) is 19.0 Å². The summed E-state index contributed by atoms with van der Waals surface area (Å²) in [4.78, 5) is 19.6. The molecule has 0 amide bonds. The van der Waals surface area contributed by atoms with Crippen LogP contribution < -0.4 is 10.1 Å². The summed E-state index contributed by atoms with van der Waals surface area (Å²) in [6.07, 6.45) is -3.48. The summed E-state index contributed by atoms with van der Waals surface area (Å²) in [6, 6.07) is 2.77. The first-order valence-corrected chi connectivity index (χ1v) is 7.21. The average Bonchev–Trinajstić information content (AvgIpc) is 2.51. The molecular weight excluding hydrogens is 370 g/mol. The Morgan fingerprint density at radius 2 is 2.04 bits per heavy atom. The second-order valence-corrected chi connectivity index (χ2v) is 5.28. The zero-order valence-electron chi connectivity index (χ0n) is 12.1. The minimum Gasteiger partial charge on any atom is -0.480 e. The molecule has 0 saturated heterocycles. The molecule has 0 spiro atoms. The first-order valence-electron chi connectivity index (χ1n) is 6.45. The average molecular weight is 380 g/mol. The van der Waals surface area contributed by atoms with Gasteiger partial charge in [-0.15, -0.1) is 0 Å².